The van der Waals surface area contributed by atoms with Crippen LogP contribution in [0.15, 0.2) is 44.0 Å². The lowest BCUT2D eigenvalue weighted by atomic mass is 10.1. The van der Waals surface area contributed by atoms with E-state index in [2.05, 4.69) is 15.9 Å². The van der Waals surface area contributed by atoms with Crippen molar-refractivity contribution in [3.8, 4) is 5.75 Å². The van der Waals surface area contributed by atoms with E-state index < -0.39 is 5.82 Å². The summed E-state index contributed by atoms with van der Waals surface area (Å²) in [7, 11) is 1.42. The summed E-state index contributed by atoms with van der Waals surface area (Å²) in [5.74, 6) is -0.331. The average Bonchev–Trinajstić information content (AvgIpc) is 2.51. The summed E-state index contributed by atoms with van der Waals surface area (Å²) in [5, 5.41) is 0.567. The van der Waals surface area contributed by atoms with Crippen LogP contribution in [0.4, 0.5) is 4.39 Å². The molecule has 0 bridgehead atoms. The zero-order valence-electron chi connectivity index (χ0n) is 11.9. The van der Waals surface area contributed by atoms with E-state index in [9.17, 15) is 9.18 Å². The van der Waals surface area contributed by atoms with Crippen molar-refractivity contribution in [2.45, 2.75) is 13.8 Å². The van der Waals surface area contributed by atoms with Crippen molar-refractivity contribution in [2.24, 2.45) is 0 Å². The maximum Gasteiger partial charge on any atom is 0.200 e. The van der Waals surface area contributed by atoms with E-state index in [1.165, 1.54) is 19.2 Å². The van der Waals surface area contributed by atoms with E-state index in [0.717, 1.165) is 4.47 Å². The van der Waals surface area contributed by atoms with Crippen molar-refractivity contribution in [2.75, 3.05) is 7.11 Å². The fourth-order valence-electron chi connectivity index (χ4n) is 1.98. The van der Waals surface area contributed by atoms with Gasteiger partial charge in [0.15, 0.2) is 11.4 Å². The minimum Gasteiger partial charge on any atom is -0.497 e. The molecule has 0 aliphatic heterocycles. The summed E-state index contributed by atoms with van der Waals surface area (Å²) in [6, 6.07) is 7.68. The maximum atomic E-state index is 13.9. The first kappa shape index (κ1) is 15.5. The van der Waals surface area contributed by atoms with Gasteiger partial charge in [0, 0.05) is 10.5 Å². The first-order valence-corrected chi connectivity index (χ1v) is 7.29. The molecule has 0 aliphatic rings. The molecule has 1 heterocycles. The van der Waals surface area contributed by atoms with Gasteiger partial charge >= 0.3 is 0 Å². The summed E-state index contributed by atoms with van der Waals surface area (Å²) >= 11 is 3.29. The molecule has 3 nitrogen and oxygen atoms in total. The Balaban J connectivity index is 0.000000774. The van der Waals surface area contributed by atoms with Crippen LogP contribution in [0.2, 0.25) is 0 Å². The molecule has 0 N–H and O–H groups in total. The van der Waals surface area contributed by atoms with Crippen LogP contribution >= 0.6 is 15.9 Å². The Hall–Kier alpha value is -1.88. The fourth-order valence-corrected chi connectivity index (χ4v) is 2.34. The average molecular weight is 353 g/mol. The fraction of sp³-hybridized carbons (Fsp3) is 0.188. The monoisotopic (exact) mass is 352 g/mol. The number of halogens is 2. The zero-order chi connectivity index (χ0) is 15.6. The van der Waals surface area contributed by atoms with Gasteiger partial charge in [0.25, 0.3) is 0 Å². The van der Waals surface area contributed by atoms with Crippen molar-refractivity contribution in [3.05, 3.63) is 50.8 Å². The van der Waals surface area contributed by atoms with Crippen molar-refractivity contribution in [1.29, 1.82) is 0 Å². The van der Waals surface area contributed by atoms with Crippen molar-refractivity contribution >= 4 is 37.9 Å². The molecule has 5 heteroatoms. The van der Waals surface area contributed by atoms with Gasteiger partial charge in [-0.3, -0.25) is 4.79 Å². The van der Waals surface area contributed by atoms with Gasteiger partial charge < -0.3 is 9.15 Å². The molecule has 21 heavy (non-hydrogen) atoms. The van der Waals surface area contributed by atoms with Crippen molar-refractivity contribution in [1.82, 2.24) is 0 Å². The van der Waals surface area contributed by atoms with Crippen LogP contribution in [0, 0.1) is 5.82 Å². The molecule has 3 aromatic rings. The van der Waals surface area contributed by atoms with Crippen LogP contribution in [0.1, 0.15) is 13.8 Å². The lowest BCUT2D eigenvalue weighted by Crippen LogP contribution is -2.03. The molecule has 3 rings (SSSR count). The lowest BCUT2D eigenvalue weighted by molar-refractivity contribution is 0.411. The molecule has 0 unspecified atom stereocenters. The predicted molar refractivity (Wildman–Crippen MR) is 85.5 cm³/mol. The second-order valence-corrected chi connectivity index (χ2v) is 4.97. The SMILES string of the molecule is CC.COc1cc(F)c2oc3ccc(Br)cc3c(=O)c2c1. The van der Waals surface area contributed by atoms with Gasteiger partial charge in [0.2, 0.25) is 5.43 Å². The number of fused-ring (bicyclic) bond motifs is 2. The van der Waals surface area contributed by atoms with Gasteiger partial charge in [-0.15, -0.1) is 0 Å². The number of hydrogen-bond acceptors (Lipinski definition) is 3. The Bertz CT molecular complexity index is 855. The number of rotatable bonds is 1. The van der Waals surface area contributed by atoms with Gasteiger partial charge in [-0.25, -0.2) is 4.39 Å². The standard InChI is InChI=1S/C14H8BrFO3.C2H6/c1-18-8-5-10-13(17)9-4-7(15)2-3-12(9)19-14(10)11(16)6-8;1-2/h2-6H,1H3;1-2H3. The highest BCUT2D eigenvalue weighted by Gasteiger charge is 2.13. The predicted octanol–water partition coefficient (Wildman–Crippen LogP) is 4.88. The van der Waals surface area contributed by atoms with Gasteiger partial charge in [0.1, 0.15) is 11.3 Å². The molecular weight excluding hydrogens is 339 g/mol. The largest absolute Gasteiger partial charge is 0.497 e. The molecule has 0 saturated heterocycles. The molecular formula is C16H14BrFO3. The van der Waals surface area contributed by atoms with Gasteiger partial charge in [-0.2, -0.15) is 0 Å². The summed E-state index contributed by atoms with van der Waals surface area (Å²) in [5.41, 5.74) is 0.0146. The Kier molecular flexibility index (Phi) is 4.63. The van der Waals surface area contributed by atoms with Crippen molar-refractivity contribution in [3.63, 3.8) is 0 Å². The van der Waals surface area contributed by atoms with Crippen LogP contribution in [0.25, 0.3) is 21.9 Å². The van der Waals surface area contributed by atoms with E-state index in [0.29, 0.717) is 11.0 Å². The lowest BCUT2D eigenvalue weighted by Gasteiger charge is -2.05. The van der Waals surface area contributed by atoms with Gasteiger partial charge in [0.05, 0.1) is 17.9 Å². The highest BCUT2D eigenvalue weighted by atomic mass is 79.9. The molecule has 0 saturated carbocycles. The smallest absolute Gasteiger partial charge is 0.200 e. The summed E-state index contributed by atoms with van der Waals surface area (Å²) in [4.78, 5) is 12.4. The van der Waals surface area contributed by atoms with E-state index >= 15 is 0 Å². The zero-order valence-corrected chi connectivity index (χ0v) is 13.5. The van der Waals surface area contributed by atoms with E-state index in [-0.39, 0.29) is 22.1 Å². The first-order chi connectivity index (χ1) is 10.1. The second-order valence-electron chi connectivity index (χ2n) is 4.06. The third-order valence-corrected chi connectivity index (χ3v) is 3.39. The number of ether oxygens (including phenoxy) is 1. The van der Waals surface area contributed by atoms with Crippen LogP contribution in [0.3, 0.4) is 0 Å². The van der Waals surface area contributed by atoms with E-state index in [4.69, 9.17) is 9.15 Å². The van der Waals surface area contributed by atoms with E-state index in [1.54, 1.807) is 18.2 Å². The van der Waals surface area contributed by atoms with Crippen molar-refractivity contribution < 1.29 is 13.5 Å². The Morgan fingerprint density at radius 2 is 1.86 bits per heavy atom. The topological polar surface area (TPSA) is 39.4 Å². The first-order valence-electron chi connectivity index (χ1n) is 6.50. The minimum atomic E-state index is -0.615. The molecule has 110 valence electrons. The molecule has 1 aromatic heterocycles. The third kappa shape index (κ3) is 2.78. The third-order valence-electron chi connectivity index (χ3n) is 2.90. The molecule has 0 spiro atoms. The van der Waals surface area contributed by atoms with Gasteiger partial charge in [-0.05, 0) is 24.3 Å². The van der Waals surface area contributed by atoms with Crippen LogP contribution in [-0.2, 0) is 0 Å². The second kappa shape index (κ2) is 6.26. The van der Waals surface area contributed by atoms with Gasteiger partial charge in [-0.1, -0.05) is 29.8 Å². The van der Waals surface area contributed by atoms with E-state index in [1.807, 2.05) is 13.8 Å². The molecule has 0 fully saturated rings. The molecule has 0 radical (unpaired) electrons. The Morgan fingerprint density at radius 1 is 1.14 bits per heavy atom. The number of methoxy groups -OCH3 is 1. The minimum absolute atomic E-state index is 0.0550. The highest BCUT2D eigenvalue weighted by molar-refractivity contribution is 9.10. The summed E-state index contributed by atoms with van der Waals surface area (Å²) < 4.78 is 25.1. The molecule has 2 aromatic carbocycles. The number of hydrogen-bond donors (Lipinski definition) is 0. The normalized spacial score (nSPS) is 10.3. The molecule has 0 aliphatic carbocycles. The Morgan fingerprint density at radius 3 is 2.52 bits per heavy atom. The molecule has 0 amide bonds. The summed E-state index contributed by atoms with van der Waals surface area (Å²) in [6.45, 7) is 4.00. The van der Waals surface area contributed by atoms with Crippen LogP contribution < -0.4 is 10.2 Å². The highest BCUT2D eigenvalue weighted by Crippen LogP contribution is 2.26. The summed E-state index contributed by atoms with van der Waals surface area (Å²) in [6.07, 6.45) is 0. The number of benzene rings is 2. The van der Waals surface area contributed by atoms with Crippen LogP contribution in [-0.4, -0.2) is 7.11 Å². The quantitative estimate of drug-likeness (QED) is 0.585. The Labute approximate surface area is 129 Å². The maximum absolute atomic E-state index is 13.9. The van der Waals surface area contributed by atoms with Crippen LogP contribution in [0.5, 0.6) is 5.75 Å². The molecule has 0 atom stereocenters.